The molecular formula is C15H17NO2. The van der Waals surface area contributed by atoms with Crippen LogP contribution in [0, 0.1) is 0 Å². The van der Waals surface area contributed by atoms with Crippen LogP contribution in [0.5, 0.6) is 11.5 Å². The molecule has 94 valence electrons. The van der Waals surface area contributed by atoms with Gasteiger partial charge in [0.05, 0.1) is 7.11 Å². The van der Waals surface area contributed by atoms with Gasteiger partial charge in [-0.2, -0.15) is 0 Å². The number of hydrogen-bond acceptors (Lipinski definition) is 3. The number of nitrogens with two attached hydrogens (primary N) is 1. The lowest BCUT2D eigenvalue weighted by atomic mass is 10.1. The van der Waals surface area contributed by atoms with Crippen molar-refractivity contribution in [2.24, 2.45) is 0 Å². The first-order chi connectivity index (χ1) is 8.69. The fourth-order valence-corrected chi connectivity index (χ4v) is 1.69. The van der Waals surface area contributed by atoms with E-state index >= 15 is 0 Å². The van der Waals surface area contributed by atoms with Crippen molar-refractivity contribution in [3.05, 3.63) is 54.1 Å². The Balaban J connectivity index is 2.05. The first kappa shape index (κ1) is 12.3. The van der Waals surface area contributed by atoms with Gasteiger partial charge in [-0.3, -0.25) is 0 Å². The summed E-state index contributed by atoms with van der Waals surface area (Å²) < 4.78 is 10.9. The molecule has 18 heavy (non-hydrogen) atoms. The number of hydrogen-bond donors (Lipinski definition) is 1. The molecule has 2 rings (SSSR count). The minimum absolute atomic E-state index is 0.0148. The van der Waals surface area contributed by atoms with E-state index in [1.54, 1.807) is 7.11 Å². The van der Waals surface area contributed by atoms with Gasteiger partial charge in [0.15, 0.2) is 0 Å². The zero-order valence-electron chi connectivity index (χ0n) is 10.6. The minimum Gasteiger partial charge on any atom is -0.497 e. The predicted molar refractivity (Wildman–Crippen MR) is 72.9 cm³/mol. The van der Waals surface area contributed by atoms with Crippen LogP contribution in [-0.2, 0) is 0 Å². The highest BCUT2D eigenvalue weighted by Gasteiger charge is 2.06. The summed E-state index contributed by atoms with van der Waals surface area (Å²) >= 11 is 0. The summed E-state index contributed by atoms with van der Waals surface area (Å²) in [6, 6.07) is 15.3. The fourth-order valence-electron chi connectivity index (χ4n) is 1.69. The number of nitrogen functional groups attached to an aromatic ring is 1. The molecule has 2 aromatic rings. The van der Waals surface area contributed by atoms with Crippen LogP contribution in [-0.4, -0.2) is 7.11 Å². The molecule has 0 saturated carbocycles. The molecule has 0 aliphatic rings. The molecule has 0 saturated heterocycles. The largest absolute Gasteiger partial charge is 0.497 e. The van der Waals surface area contributed by atoms with Gasteiger partial charge in [-0.1, -0.05) is 12.1 Å². The molecule has 0 aromatic heterocycles. The Morgan fingerprint density at radius 3 is 2.00 bits per heavy atom. The van der Waals surface area contributed by atoms with E-state index in [0.717, 1.165) is 22.7 Å². The second kappa shape index (κ2) is 5.45. The Hall–Kier alpha value is -2.16. The van der Waals surface area contributed by atoms with E-state index in [1.165, 1.54) is 0 Å². The third-order valence-corrected chi connectivity index (χ3v) is 2.78. The molecule has 0 heterocycles. The summed E-state index contributed by atoms with van der Waals surface area (Å²) in [5.41, 5.74) is 7.51. The lowest BCUT2D eigenvalue weighted by Gasteiger charge is -2.15. The molecule has 1 atom stereocenters. The highest BCUT2D eigenvalue weighted by atomic mass is 16.5. The Labute approximate surface area is 107 Å². The smallest absolute Gasteiger partial charge is 0.121 e. The van der Waals surface area contributed by atoms with Gasteiger partial charge in [0.1, 0.15) is 17.6 Å². The molecule has 0 aliphatic heterocycles. The standard InChI is InChI=1S/C15H17NO2/c1-11(12-3-5-13(16)6-4-12)18-15-9-7-14(17-2)8-10-15/h3-11H,16H2,1-2H3. The molecule has 0 amide bonds. The maximum atomic E-state index is 5.84. The van der Waals surface area contributed by atoms with Crippen LogP contribution in [0.3, 0.4) is 0 Å². The van der Waals surface area contributed by atoms with Gasteiger partial charge in [0.2, 0.25) is 0 Å². The topological polar surface area (TPSA) is 44.5 Å². The molecule has 0 radical (unpaired) electrons. The van der Waals surface area contributed by atoms with Gasteiger partial charge >= 0.3 is 0 Å². The Morgan fingerprint density at radius 1 is 0.889 bits per heavy atom. The van der Waals surface area contributed by atoms with Crippen LogP contribution in [0.15, 0.2) is 48.5 Å². The molecule has 2 N–H and O–H groups in total. The number of ether oxygens (including phenoxy) is 2. The first-order valence-electron chi connectivity index (χ1n) is 5.85. The van der Waals surface area contributed by atoms with E-state index in [-0.39, 0.29) is 6.10 Å². The van der Waals surface area contributed by atoms with Crippen molar-refractivity contribution < 1.29 is 9.47 Å². The van der Waals surface area contributed by atoms with Gasteiger partial charge in [0.25, 0.3) is 0 Å². The highest BCUT2D eigenvalue weighted by molar-refractivity contribution is 5.40. The zero-order valence-corrected chi connectivity index (χ0v) is 10.6. The molecule has 0 fully saturated rings. The van der Waals surface area contributed by atoms with Crippen LogP contribution in [0.25, 0.3) is 0 Å². The van der Waals surface area contributed by atoms with Crippen LogP contribution in [0.1, 0.15) is 18.6 Å². The second-order valence-electron chi connectivity index (χ2n) is 4.10. The van der Waals surface area contributed by atoms with Crippen molar-refractivity contribution in [2.45, 2.75) is 13.0 Å². The maximum absolute atomic E-state index is 5.84. The van der Waals surface area contributed by atoms with Crippen molar-refractivity contribution in [1.82, 2.24) is 0 Å². The third kappa shape index (κ3) is 2.94. The van der Waals surface area contributed by atoms with E-state index in [9.17, 15) is 0 Å². The zero-order chi connectivity index (χ0) is 13.0. The number of anilines is 1. The average molecular weight is 243 g/mol. The Bertz CT molecular complexity index is 491. The van der Waals surface area contributed by atoms with E-state index < -0.39 is 0 Å². The molecule has 3 nitrogen and oxygen atoms in total. The lowest BCUT2D eigenvalue weighted by Crippen LogP contribution is -2.03. The quantitative estimate of drug-likeness (QED) is 0.837. The minimum atomic E-state index is -0.0148. The Morgan fingerprint density at radius 2 is 1.44 bits per heavy atom. The number of benzene rings is 2. The van der Waals surface area contributed by atoms with Gasteiger partial charge in [-0.05, 0) is 48.9 Å². The van der Waals surface area contributed by atoms with Crippen LogP contribution >= 0.6 is 0 Å². The first-order valence-corrected chi connectivity index (χ1v) is 5.85. The Kier molecular flexibility index (Phi) is 3.72. The van der Waals surface area contributed by atoms with Crippen molar-refractivity contribution in [3.63, 3.8) is 0 Å². The molecule has 3 heteroatoms. The summed E-state index contributed by atoms with van der Waals surface area (Å²) in [6.07, 6.45) is -0.0148. The third-order valence-electron chi connectivity index (χ3n) is 2.78. The van der Waals surface area contributed by atoms with Crippen molar-refractivity contribution in [3.8, 4) is 11.5 Å². The number of rotatable bonds is 4. The van der Waals surface area contributed by atoms with E-state index in [4.69, 9.17) is 15.2 Å². The van der Waals surface area contributed by atoms with Crippen LogP contribution in [0.2, 0.25) is 0 Å². The summed E-state index contributed by atoms with van der Waals surface area (Å²) in [4.78, 5) is 0. The van der Waals surface area contributed by atoms with E-state index in [1.807, 2.05) is 55.5 Å². The van der Waals surface area contributed by atoms with Gasteiger partial charge in [0, 0.05) is 5.69 Å². The lowest BCUT2D eigenvalue weighted by molar-refractivity contribution is 0.226. The van der Waals surface area contributed by atoms with Gasteiger partial charge in [-0.25, -0.2) is 0 Å². The van der Waals surface area contributed by atoms with Gasteiger partial charge < -0.3 is 15.2 Å². The summed E-state index contributed by atoms with van der Waals surface area (Å²) in [6.45, 7) is 2.01. The van der Waals surface area contributed by atoms with Crippen molar-refractivity contribution in [1.29, 1.82) is 0 Å². The van der Waals surface area contributed by atoms with Crippen LogP contribution in [0.4, 0.5) is 5.69 Å². The van der Waals surface area contributed by atoms with Crippen LogP contribution < -0.4 is 15.2 Å². The molecular weight excluding hydrogens is 226 g/mol. The highest BCUT2D eigenvalue weighted by Crippen LogP contribution is 2.24. The maximum Gasteiger partial charge on any atom is 0.121 e. The molecule has 2 aromatic carbocycles. The summed E-state index contributed by atoms with van der Waals surface area (Å²) in [5, 5.41) is 0. The summed E-state index contributed by atoms with van der Waals surface area (Å²) in [7, 11) is 1.65. The second-order valence-corrected chi connectivity index (χ2v) is 4.10. The van der Waals surface area contributed by atoms with Crippen molar-refractivity contribution >= 4 is 5.69 Å². The summed E-state index contributed by atoms with van der Waals surface area (Å²) in [5.74, 6) is 1.64. The molecule has 0 bridgehead atoms. The predicted octanol–water partition coefficient (Wildman–Crippen LogP) is 3.42. The monoisotopic (exact) mass is 243 g/mol. The molecule has 0 spiro atoms. The van der Waals surface area contributed by atoms with E-state index in [0.29, 0.717) is 0 Å². The average Bonchev–Trinajstić information content (AvgIpc) is 2.40. The normalized spacial score (nSPS) is 11.9. The molecule has 0 aliphatic carbocycles. The van der Waals surface area contributed by atoms with Crippen molar-refractivity contribution in [2.75, 3.05) is 12.8 Å². The SMILES string of the molecule is COc1ccc(OC(C)c2ccc(N)cc2)cc1. The fraction of sp³-hybridized carbons (Fsp3) is 0.200. The van der Waals surface area contributed by atoms with Gasteiger partial charge in [-0.15, -0.1) is 0 Å². The number of methoxy groups -OCH3 is 1. The molecule has 1 unspecified atom stereocenters. The van der Waals surface area contributed by atoms with E-state index in [2.05, 4.69) is 0 Å².